The minimum absolute atomic E-state index is 0.121. The zero-order chi connectivity index (χ0) is 27.9. The number of anilines is 1. The molecular formula is C26H38N6O5S. The Morgan fingerprint density at radius 3 is 2.50 bits per heavy atom. The monoisotopic (exact) mass is 546 g/mol. The zero-order valence-corrected chi connectivity index (χ0v) is 22.9. The second-order valence-corrected chi connectivity index (χ2v) is 10.3. The number of unbranched alkanes of at least 4 members (excludes halogenated alkanes) is 1. The van der Waals surface area contributed by atoms with Gasteiger partial charge in [0.2, 0.25) is 18.2 Å². The molecule has 0 radical (unpaired) electrons. The molecule has 2 aromatic rings. The van der Waals surface area contributed by atoms with Gasteiger partial charge in [0.1, 0.15) is 11.7 Å². The number of nitrogens with zero attached hydrogens (tertiary/aromatic N) is 3. The highest BCUT2D eigenvalue weighted by molar-refractivity contribution is 7.13. The summed E-state index contributed by atoms with van der Waals surface area (Å²) in [6.45, 7) is 6.21. The molecule has 38 heavy (non-hydrogen) atoms. The molecule has 0 saturated heterocycles. The number of carbonyl (C=O) groups excluding carboxylic acids is 4. The van der Waals surface area contributed by atoms with Crippen LogP contribution in [-0.2, 0) is 14.4 Å². The highest BCUT2D eigenvalue weighted by Gasteiger charge is 2.34. The predicted molar refractivity (Wildman–Crippen MR) is 144 cm³/mol. The Morgan fingerprint density at radius 2 is 1.89 bits per heavy atom. The fourth-order valence-corrected chi connectivity index (χ4v) is 4.66. The summed E-state index contributed by atoms with van der Waals surface area (Å²) in [7, 11) is 0. The Kier molecular flexibility index (Phi) is 13.4. The Labute approximate surface area is 227 Å². The van der Waals surface area contributed by atoms with Crippen molar-refractivity contribution in [2.24, 2.45) is 11.8 Å². The summed E-state index contributed by atoms with van der Waals surface area (Å²) >= 11 is 1.27. The van der Waals surface area contributed by atoms with Gasteiger partial charge >= 0.3 is 0 Å². The smallest absolute Gasteiger partial charge is 0.269 e. The van der Waals surface area contributed by atoms with Crippen molar-refractivity contribution in [2.75, 3.05) is 11.9 Å². The third kappa shape index (κ3) is 10.2. The summed E-state index contributed by atoms with van der Waals surface area (Å²) < 4.78 is 0. The number of hydroxylamine groups is 2. The highest BCUT2D eigenvalue weighted by Crippen LogP contribution is 2.23. The van der Waals surface area contributed by atoms with Crippen molar-refractivity contribution in [3.05, 3.63) is 41.7 Å². The van der Waals surface area contributed by atoms with Gasteiger partial charge in [-0.15, -0.1) is 11.3 Å². The Hall–Kier alpha value is -3.38. The van der Waals surface area contributed by atoms with Gasteiger partial charge in [-0.2, -0.15) is 0 Å². The molecule has 208 valence electrons. The average Bonchev–Trinajstić information content (AvgIpc) is 3.42. The van der Waals surface area contributed by atoms with E-state index in [-0.39, 0.29) is 11.8 Å². The van der Waals surface area contributed by atoms with Crippen LogP contribution in [-0.4, -0.2) is 63.0 Å². The maximum atomic E-state index is 13.4. The molecule has 12 heteroatoms. The molecular weight excluding hydrogens is 508 g/mol. The molecule has 0 saturated carbocycles. The SMILES string of the molecule is CCC[C@@H]([C@@H](CC(C)C)C(=O)N[C@@H](CCCCNC(=O)c1ccccn1)C(=O)Nc1nccs1)N(O)C=O. The van der Waals surface area contributed by atoms with E-state index >= 15 is 0 Å². The van der Waals surface area contributed by atoms with Gasteiger partial charge in [0, 0.05) is 24.3 Å². The number of aromatic nitrogens is 2. The third-order valence-corrected chi connectivity index (χ3v) is 6.65. The van der Waals surface area contributed by atoms with Crippen LogP contribution in [0.5, 0.6) is 0 Å². The van der Waals surface area contributed by atoms with E-state index in [0.717, 1.165) is 0 Å². The second kappa shape index (κ2) is 16.5. The van der Waals surface area contributed by atoms with Crippen LogP contribution >= 0.6 is 11.3 Å². The van der Waals surface area contributed by atoms with Gasteiger partial charge in [-0.3, -0.25) is 29.4 Å². The summed E-state index contributed by atoms with van der Waals surface area (Å²) in [6.07, 6.45) is 6.42. The molecule has 4 amide bonds. The molecule has 2 heterocycles. The van der Waals surface area contributed by atoms with Crippen molar-refractivity contribution in [2.45, 2.75) is 71.4 Å². The summed E-state index contributed by atoms with van der Waals surface area (Å²) in [5, 5.41) is 21.3. The van der Waals surface area contributed by atoms with Crippen LogP contribution in [0.4, 0.5) is 5.13 Å². The zero-order valence-electron chi connectivity index (χ0n) is 22.1. The van der Waals surface area contributed by atoms with Crippen molar-refractivity contribution < 1.29 is 24.4 Å². The molecule has 2 rings (SSSR count). The van der Waals surface area contributed by atoms with Crippen LogP contribution < -0.4 is 16.0 Å². The summed E-state index contributed by atoms with van der Waals surface area (Å²) in [6, 6.07) is 3.53. The average molecular weight is 547 g/mol. The van der Waals surface area contributed by atoms with Gasteiger partial charge in [0.15, 0.2) is 5.13 Å². The first kappa shape index (κ1) is 30.8. The molecule has 3 atom stereocenters. The van der Waals surface area contributed by atoms with Gasteiger partial charge in [-0.05, 0) is 50.2 Å². The van der Waals surface area contributed by atoms with E-state index < -0.39 is 29.8 Å². The first-order chi connectivity index (χ1) is 18.3. The van der Waals surface area contributed by atoms with Gasteiger partial charge in [0.25, 0.3) is 5.91 Å². The normalized spacial score (nSPS) is 13.3. The van der Waals surface area contributed by atoms with Crippen LogP contribution in [0.1, 0.15) is 69.8 Å². The number of carbonyl (C=O) groups is 4. The minimum Gasteiger partial charge on any atom is -0.351 e. The summed E-state index contributed by atoms with van der Waals surface area (Å²) in [4.78, 5) is 58.1. The molecule has 0 spiro atoms. The van der Waals surface area contributed by atoms with Crippen molar-refractivity contribution in [1.29, 1.82) is 0 Å². The van der Waals surface area contributed by atoms with Gasteiger partial charge in [0.05, 0.1) is 12.0 Å². The van der Waals surface area contributed by atoms with E-state index in [4.69, 9.17) is 0 Å². The predicted octanol–water partition coefficient (Wildman–Crippen LogP) is 3.24. The lowest BCUT2D eigenvalue weighted by molar-refractivity contribution is -0.169. The molecule has 0 aliphatic carbocycles. The lowest BCUT2D eigenvalue weighted by Crippen LogP contribution is -2.51. The Morgan fingerprint density at radius 1 is 1.11 bits per heavy atom. The van der Waals surface area contributed by atoms with Crippen LogP contribution in [0.15, 0.2) is 36.0 Å². The standard InChI is InChI=1S/C26H38N6O5S/c1-4-9-22(32(37)17-33)19(16-18(2)3)23(34)30-21(25(36)31-26-29-14-15-38-26)11-6-8-13-28-24(35)20-10-5-7-12-27-20/h5,7,10,12,14-15,17-19,21-22,37H,4,6,8-9,11,13,16H2,1-3H3,(H,28,35)(H,30,34)(H,29,31,36)/t19-,21+,22+/m1/s1. The number of hydrogen-bond donors (Lipinski definition) is 4. The van der Waals surface area contributed by atoms with Crippen molar-refractivity contribution in [3.8, 4) is 0 Å². The Bertz CT molecular complexity index is 1000. The van der Waals surface area contributed by atoms with Gasteiger partial charge in [-0.1, -0.05) is 33.3 Å². The molecule has 2 aromatic heterocycles. The first-order valence-corrected chi connectivity index (χ1v) is 13.8. The van der Waals surface area contributed by atoms with E-state index in [1.165, 1.54) is 11.3 Å². The van der Waals surface area contributed by atoms with Crippen molar-refractivity contribution in [3.63, 3.8) is 0 Å². The van der Waals surface area contributed by atoms with E-state index in [1.54, 1.807) is 36.0 Å². The number of amides is 4. The second-order valence-electron chi connectivity index (χ2n) is 9.43. The lowest BCUT2D eigenvalue weighted by Gasteiger charge is -2.32. The largest absolute Gasteiger partial charge is 0.351 e. The quantitative estimate of drug-likeness (QED) is 0.103. The molecule has 0 bridgehead atoms. The summed E-state index contributed by atoms with van der Waals surface area (Å²) in [5.74, 6) is -1.66. The lowest BCUT2D eigenvalue weighted by atomic mass is 9.86. The van der Waals surface area contributed by atoms with Crippen molar-refractivity contribution in [1.82, 2.24) is 25.7 Å². The molecule has 0 aliphatic rings. The Balaban J connectivity index is 2.06. The fourth-order valence-electron chi connectivity index (χ4n) is 4.13. The third-order valence-electron chi connectivity index (χ3n) is 5.96. The fraction of sp³-hybridized carbons (Fsp3) is 0.538. The van der Waals surface area contributed by atoms with Crippen LogP contribution in [0.2, 0.25) is 0 Å². The number of pyridine rings is 1. The highest BCUT2D eigenvalue weighted by atomic mass is 32.1. The molecule has 0 aliphatic heterocycles. The summed E-state index contributed by atoms with van der Waals surface area (Å²) in [5.41, 5.74) is 0.326. The van der Waals surface area contributed by atoms with Crippen LogP contribution in [0.3, 0.4) is 0 Å². The minimum atomic E-state index is -0.863. The van der Waals surface area contributed by atoms with Gasteiger partial charge in [-0.25, -0.2) is 10.0 Å². The topological polar surface area (TPSA) is 154 Å². The van der Waals surface area contributed by atoms with Crippen LogP contribution in [0, 0.1) is 11.8 Å². The molecule has 4 N–H and O–H groups in total. The number of rotatable bonds is 17. The van der Waals surface area contributed by atoms with E-state index in [1.807, 2.05) is 20.8 Å². The van der Waals surface area contributed by atoms with Crippen molar-refractivity contribution >= 4 is 40.6 Å². The molecule has 0 unspecified atom stereocenters. The van der Waals surface area contributed by atoms with E-state index in [2.05, 4.69) is 25.9 Å². The molecule has 0 aromatic carbocycles. The van der Waals surface area contributed by atoms with Gasteiger partial charge < -0.3 is 16.0 Å². The van der Waals surface area contributed by atoms with E-state index in [0.29, 0.717) is 67.4 Å². The molecule has 0 fully saturated rings. The maximum absolute atomic E-state index is 13.4. The first-order valence-electron chi connectivity index (χ1n) is 12.9. The van der Waals surface area contributed by atoms with Crippen LogP contribution in [0.25, 0.3) is 0 Å². The van der Waals surface area contributed by atoms with E-state index in [9.17, 15) is 24.4 Å². The molecule has 11 nitrogen and oxygen atoms in total. The number of thiazole rings is 1. The maximum Gasteiger partial charge on any atom is 0.269 e. The number of hydrogen-bond acceptors (Lipinski definition) is 8. The number of nitrogens with one attached hydrogen (secondary N) is 3.